The van der Waals surface area contributed by atoms with E-state index in [9.17, 15) is 4.79 Å². The third-order valence-corrected chi connectivity index (χ3v) is 4.00. The topological polar surface area (TPSA) is 17.1 Å². The molecular formula is C12H12BrClO. The smallest absolute Gasteiger partial charge is 0.126 e. The Morgan fingerprint density at radius 2 is 2.20 bits per heavy atom. The van der Waals surface area contributed by atoms with E-state index >= 15 is 0 Å². The number of hydrogen-bond donors (Lipinski definition) is 0. The maximum Gasteiger partial charge on any atom is 0.126 e. The molecule has 3 heteroatoms. The van der Waals surface area contributed by atoms with E-state index in [1.807, 2.05) is 18.2 Å². The first kappa shape index (κ1) is 11.2. The molecule has 1 aliphatic rings. The summed E-state index contributed by atoms with van der Waals surface area (Å²) in [5, 5.41) is 0.748. The van der Waals surface area contributed by atoms with Gasteiger partial charge in [0.1, 0.15) is 6.29 Å². The molecule has 0 bridgehead atoms. The minimum Gasteiger partial charge on any atom is -0.303 e. The number of aldehydes is 1. The fourth-order valence-electron chi connectivity index (χ4n) is 2.01. The summed E-state index contributed by atoms with van der Waals surface area (Å²) in [6.45, 7) is 0. The Morgan fingerprint density at radius 3 is 2.67 bits per heavy atom. The second-order valence-electron chi connectivity index (χ2n) is 4.25. The van der Waals surface area contributed by atoms with Crippen molar-refractivity contribution in [1.29, 1.82) is 0 Å². The fourth-order valence-corrected chi connectivity index (χ4v) is 2.75. The van der Waals surface area contributed by atoms with Gasteiger partial charge < -0.3 is 4.79 Å². The number of carbonyl (C=O) groups excluding carboxylic acids is 1. The number of carbonyl (C=O) groups is 1. The first-order valence-corrected chi connectivity index (χ1v) is 6.23. The van der Waals surface area contributed by atoms with Crippen molar-refractivity contribution in [2.75, 3.05) is 0 Å². The molecule has 15 heavy (non-hydrogen) atoms. The second-order valence-corrected chi connectivity index (χ2v) is 5.57. The van der Waals surface area contributed by atoms with Crippen molar-refractivity contribution < 1.29 is 4.79 Å². The van der Waals surface area contributed by atoms with Gasteiger partial charge in [0.25, 0.3) is 0 Å². The van der Waals surface area contributed by atoms with Crippen LogP contribution in [0.2, 0.25) is 5.02 Å². The monoisotopic (exact) mass is 286 g/mol. The van der Waals surface area contributed by atoms with Crippen molar-refractivity contribution in [2.45, 2.75) is 25.7 Å². The van der Waals surface area contributed by atoms with Gasteiger partial charge in [0.2, 0.25) is 0 Å². The average molecular weight is 288 g/mol. The summed E-state index contributed by atoms with van der Waals surface area (Å²) in [7, 11) is 0. The quantitative estimate of drug-likeness (QED) is 0.768. The van der Waals surface area contributed by atoms with Crippen LogP contribution in [-0.4, -0.2) is 6.29 Å². The predicted octanol–water partition coefficient (Wildman–Crippen LogP) is 4.01. The lowest BCUT2D eigenvalue weighted by Gasteiger charge is -2.36. The molecule has 2 rings (SSSR count). The highest BCUT2D eigenvalue weighted by Gasteiger charge is 2.37. The van der Waals surface area contributed by atoms with Gasteiger partial charge in [-0.3, -0.25) is 0 Å². The van der Waals surface area contributed by atoms with E-state index in [2.05, 4.69) is 15.9 Å². The van der Waals surface area contributed by atoms with E-state index in [-0.39, 0.29) is 5.41 Å². The molecule has 0 amide bonds. The molecule has 0 aliphatic heterocycles. The normalized spacial score (nSPS) is 18.3. The van der Waals surface area contributed by atoms with Crippen LogP contribution in [0.15, 0.2) is 22.7 Å². The van der Waals surface area contributed by atoms with Crippen LogP contribution in [0.4, 0.5) is 0 Å². The Kier molecular flexibility index (Phi) is 3.17. The molecular weight excluding hydrogens is 275 g/mol. The highest BCUT2D eigenvalue weighted by molar-refractivity contribution is 9.10. The number of benzene rings is 1. The number of halogens is 2. The van der Waals surface area contributed by atoms with E-state index in [0.717, 1.165) is 47.0 Å². The van der Waals surface area contributed by atoms with Gasteiger partial charge in [-0.05, 0) is 37.0 Å². The standard InChI is InChI=1S/C12H12BrClO/c13-10-3-2-9(11(14)6-10)7-12(8-15)4-1-5-12/h2-3,6,8H,1,4-5,7H2. The van der Waals surface area contributed by atoms with Gasteiger partial charge >= 0.3 is 0 Å². The Balaban J connectivity index is 2.20. The Hall–Kier alpha value is -0.340. The zero-order valence-electron chi connectivity index (χ0n) is 8.30. The van der Waals surface area contributed by atoms with Gasteiger partial charge in [-0.2, -0.15) is 0 Å². The SMILES string of the molecule is O=CC1(Cc2ccc(Br)cc2Cl)CCC1. The molecule has 1 aromatic rings. The minimum atomic E-state index is -0.128. The molecule has 1 aromatic carbocycles. The summed E-state index contributed by atoms with van der Waals surface area (Å²) in [6.07, 6.45) is 5.05. The lowest BCUT2D eigenvalue weighted by molar-refractivity contribution is -0.120. The van der Waals surface area contributed by atoms with E-state index in [0.29, 0.717) is 0 Å². The molecule has 0 radical (unpaired) electrons. The van der Waals surface area contributed by atoms with E-state index in [1.54, 1.807) is 0 Å². The van der Waals surface area contributed by atoms with Crippen LogP contribution in [-0.2, 0) is 11.2 Å². The van der Waals surface area contributed by atoms with Gasteiger partial charge in [-0.25, -0.2) is 0 Å². The molecule has 0 spiro atoms. The molecule has 1 fully saturated rings. The van der Waals surface area contributed by atoms with E-state index < -0.39 is 0 Å². The molecule has 0 N–H and O–H groups in total. The third kappa shape index (κ3) is 2.26. The average Bonchev–Trinajstić information content (AvgIpc) is 2.14. The Morgan fingerprint density at radius 1 is 1.47 bits per heavy atom. The largest absolute Gasteiger partial charge is 0.303 e. The molecule has 0 aromatic heterocycles. The third-order valence-electron chi connectivity index (χ3n) is 3.16. The summed E-state index contributed by atoms with van der Waals surface area (Å²) < 4.78 is 0.977. The Labute approximate surface area is 103 Å². The van der Waals surface area contributed by atoms with Crippen LogP contribution in [0, 0.1) is 5.41 Å². The predicted molar refractivity (Wildman–Crippen MR) is 65.2 cm³/mol. The first-order valence-electron chi connectivity index (χ1n) is 5.05. The minimum absolute atomic E-state index is 0.128. The van der Waals surface area contributed by atoms with Gasteiger partial charge in [0.05, 0.1) is 0 Å². The van der Waals surface area contributed by atoms with Crippen LogP contribution >= 0.6 is 27.5 Å². The Bertz CT molecular complexity index is 385. The fraction of sp³-hybridized carbons (Fsp3) is 0.417. The maximum absolute atomic E-state index is 11.0. The van der Waals surface area contributed by atoms with Crippen molar-refractivity contribution >= 4 is 33.8 Å². The van der Waals surface area contributed by atoms with E-state index in [1.165, 1.54) is 0 Å². The van der Waals surface area contributed by atoms with Crippen LogP contribution in [0.3, 0.4) is 0 Å². The molecule has 0 unspecified atom stereocenters. The van der Waals surface area contributed by atoms with Crippen molar-refractivity contribution in [3.8, 4) is 0 Å². The maximum atomic E-state index is 11.0. The summed E-state index contributed by atoms with van der Waals surface area (Å²) >= 11 is 9.50. The van der Waals surface area contributed by atoms with Crippen LogP contribution in [0.5, 0.6) is 0 Å². The molecule has 0 atom stereocenters. The second kappa shape index (κ2) is 4.26. The highest BCUT2D eigenvalue weighted by atomic mass is 79.9. The van der Waals surface area contributed by atoms with Gasteiger partial charge in [-0.15, -0.1) is 0 Å². The van der Waals surface area contributed by atoms with Crippen molar-refractivity contribution in [3.63, 3.8) is 0 Å². The highest BCUT2D eigenvalue weighted by Crippen LogP contribution is 2.42. The van der Waals surface area contributed by atoms with Gasteiger partial charge in [0, 0.05) is 14.9 Å². The summed E-state index contributed by atoms with van der Waals surface area (Å²) in [5.41, 5.74) is 0.948. The first-order chi connectivity index (χ1) is 7.15. The number of rotatable bonds is 3. The zero-order chi connectivity index (χ0) is 10.9. The molecule has 0 heterocycles. The zero-order valence-corrected chi connectivity index (χ0v) is 10.6. The van der Waals surface area contributed by atoms with Crippen molar-refractivity contribution in [2.24, 2.45) is 5.41 Å². The molecule has 1 aliphatic carbocycles. The van der Waals surface area contributed by atoms with Crippen LogP contribution < -0.4 is 0 Å². The lowest BCUT2D eigenvalue weighted by Crippen LogP contribution is -2.33. The lowest BCUT2D eigenvalue weighted by atomic mass is 9.66. The molecule has 80 valence electrons. The molecule has 0 saturated heterocycles. The molecule has 1 saturated carbocycles. The summed E-state index contributed by atoms with van der Waals surface area (Å²) in [5.74, 6) is 0. The number of hydrogen-bond acceptors (Lipinski definition) is 1. The molecule has 1 nitrogen and oxygen atoms in total. The summed E-state index contributed by atoms with van der Waals surface area (Å²) in [6, 6.07) is 5.85. The van der Waals surface area contributed by atoms with Gasteiger partial charge in [-0.1, -0.05) is 40.0 Å². The summed E-state index contributed by atoms with van der Waals surface area (Å²) in [4.78, 5) is 11.0. The van der Waals surface area contributed by atoms with Gasteiger partial charge in [0.15, 0.2) is 0 Å². The van der Waals surface area contributed by atoms with Crippen molar-refractivity contribution in [1.82, 2.24) is 0 Å². The van der Waals surface area contributed by atoms with Crippen LogP contribution in [0.1, 0.15) is 24.8 Å². The van der Waals surface area contributed by atoms with Crippen molar-refractivity contribution in [3.05, 3.63) is 33.3 Å². The van der Waals surface area contributed by atoms with E-state index in [4.69, 9.17) is 11.6 Å². The van der Waals surface area contributed by atoms with Crippen LogP contribution in [0.25, 0.3) is 0 Å².